The highest BCUT2D eigenvalue weighted by atomic mass is 16.3. The molecule has 26 heavy (non-hydrogen) atoms. The minimum Gasteiger partial charge on any atom is -0.385 e. The van der Waals surface area contributed by atoms with Gasteiger partial charge in [-0.2, -0.15) is 0 Å². The van der Waals surface area contributed by atoms with Crippen LogP contribution in [0, 0.1) is 0 Å². The Morgan fingerprint density at radius 1 is 0.808 bits per heavy atom. The third-order valence-corrected chi connectivity index (χ3v) is 6.42. The van der Waals surface area contributed by atoms with E-state index in [1.165, 1.54) is 29.2 Å². The van der Waals surface area contributed by atoms with Gasteiger partial charge in [-0.15, -0.1) is 0 Å². The van der Waals surface area contributed by atoms with Gasteiger partial charge >= 0.3 is 0 Å². The third kappa shape index (κ3) is 2.65. The van der Waals surface area contributed by atoms with Crippen molar-refractivity contribution in [3.05, 3.63) is 83.9 Å². The van der Waals surface area contributed by atoms with Crippen LogP contribution in [-0.4, -0.2) is 22.1 Å². The number of hydrogen-bond acceptors (Lipinski definition) is 2. The van der Waals surface area contributed by atoms with E-state index in [2.05, 4.69) is 77.7 Å². The van der Waals surface area contributed by atoms with Gasteiger partial charge in [0.2, 0.25) is 0 Å². The molecule has 2 bridgehead atoms. The summed E-state index contributed by atoms with van der Waals surface area (Å²) >= 11 is 0. The lowest BCUT2D eigenvalue weighted by molar-refractivity contribution is -0.0585. The number of fused-ring (bicyclic) bond motifs is 3. The van der Waals surface area contributed by atoms with Crippen LogP contribution in [0.1, 0.15) is 36.8 Å². The molecule has 2 nitrogen and oxygen atoms in total. The minimum atomic E-state index is -0.708. The van der Waals surface area contributed by atoms with Crippen molar-refractivity contribution >= 4 is 10.8 Å². The van der Waals surface area contributed by atoms with Crippen LogP contribution in [0.25, 0.3) is 10.8 Å². The van der Waals surface area contributed by atoms with Gasteiger partial charge in [-0.3, -0.25) is 4.90 Å². The van der Waals surface area contributed by atoms with E-state index in [1.807, 2.05) is 0 Å². The van der Waals surface area contributed by atoms with Gasteiger partial charge in [0.15, 0.2) is 0 Å². The highest BCUT2D eigenvalue weighted by Crippen LogP contribution is 2.47. The molecule has 2 unspecified atom stereocenters. The van der Waals surface area contributed by atoms with Gasteiger partial charge in [0.25, 0.3) is 0 Å². The molecule has 2 heterocycles. The van der Waals surface area contributed by atoms with Gasteiger partial charge in [0, 0.05) is 18.6 Å². The molecule has 3 aromatic rings. The van der Waals surface area contributed by atoms with E-state index in [0.717, 1.165) is 24.9 Å². The number of rotatable bonds is 3. The van der Waals surface area contributed by atoms with Crippen LogP contribution in [0.5, 0.6) is 0 Å². The van der Waals surface area contributed by atoms with Crippen LogP contribution >= 0.6 is 0 Å². The van der Waals surface area contributed by atoms with Crippen molar-refractivity contribution in [2.75, 3.05) is 0 Å². The lowest BCUT2D eigenvalue weighted by Crippen LogP contribution is -2.49. The summed E-state index contributed by atoms with van der Waals surface area (Å²) in [5.41, 5.74) is 1.78. The molecule has 2 fully saturated rings. The molecule has 2 saturated heterocycles. The number of benzene rings is 3. The predicted molar refractivity (Wildman–Crippen MR) is 106 cm³/mol. The molecule has 0 saturated carbocycles. The van der Waals surface area contributed by atoms with Crippen molar-refractivity contribution in [2.24, 2.45) is 0 Å². The van der Waals surface area contributed by atoms with Crippen LogP contribution in [-0.2, 0) is 12.1 Å². The van der Waals surface area contributed by atoms with Gasteiger partial charge in [-0.25, -0.2) is 0 Å². The van der Waals surface area contributed by atoms with Crippen LogP contribution in [0.2, 0.25) is 0 Å². The molecule has 1 N–H and O–H groups in total. The summed E-state index contributed by atoms with van der Waals surface area (Å²) in [7, 11) is 0. The van der Waals surface area contributed by atoms with Crippen molar-refractivity contribution in [1.29, 1.82) is 0 Å². The van der Waals surface area contributed by atoms with E-state index in [-0.39, 0.29) is 0 Å². The molecule has 0 aromatic heterocycles. The van der Waals surface area contributed by atoms with Gasteiger partial charge in [0.05, 0.1) is 5.60 Å². The van der Waals surface area contributed by atoms with Gasteiger partial charge in [-0.1, -0.05) is 72.8 Å². The van der Waals surface area contributed by atoms with Crippen LogP contribution in [0.4, 0.5) is 0 Å². The van der Waals surface area contributed by atoms with E-state index < -0.39 is 5.60 Å². The standard InChI is InChI=1S/C24H25NO/c26-24(23-12-6-10-19-9-4-5-11-22(19)23)15-20-13-14-21(16-24)25(20)17-18-7-2-1-3-8-18/h1-12,20-21,26H,13-17H2. The van der Waals surface area contributed by atoms with Gasteiger partial charge in [0.1, 0.15) is 0 Å². The third-order valence-electron chi connectivity index (χ3n) is 6.42. The van der Waals surface area contributed by atoms with Crippen molar-refractivity contribution in [2.45, 2.75) is 49.9 Å². The molecule has 2 heteroatoms. The molecule has 5 rings (SSSR count). The fourth-order valence-corrected chi connectivity index (χ4v) is 5.22. The Kier molecular flexibility index (Phi) is 3.84. The van der Waals surface area contributed by atoms with E-state index in [1.54, 1.807) is 0 Å². The van der Waals surface area contributed by atoms with E-state index in [9.17, 15) is 5.11 Å². The van der Waals surface area contributed by atoms with Crippen molar-refractivity contribution in [3.63, 3.8) is 0 Å². The summed E-state index contributed by atoms with van der Waals surface area (Å²) in [5, 5.41) is 14.1. The Bertz CT molecular complexity index is 900. The first kappa shape index (κ1) is 16.0. The number of hydrogen-bond donors (Lipinski definition) is 1. The Hall–Kier alpha value is -2.16. The smallest absolute Gasteiger partial charge is 0.0932 e. The molecule has 2 aliphatic rings. The molecule has 0 radical (unpaired) electrons. The van der Waals surface area contributed by atoms with E-state index in [4.69, 9.17) is 0 Å². The molecule has 0 amide bonds. The first-order valence-corrected chi connectivity index (χ1v) is 9.73. The largest absolute Gasteiger partial charge is 0.385 e. The predicted octanol–water partition coefficient (Wildman–Crippen LogP) is 4.85. The molecular weight excluding hydrogens is 318 g/mol. The maximum Gasteiger partial charge on any atom is 0.0932 e. The number of aliphatic hydroxyl groups is 1. The number of nitrogens with zero attached hydrogens (tertiary/aromatic N) is 1. The zero-order chi connectivity index (χ0) is 17.6. The molecule has 2 aliphatic heterocycles. The Balaban J connectivity index is 1.46. The maximum absolute atomic E-state index is 11.7. The van der Waals surface area contributed by atoms with Crippen molar-refractivity contribution in [1.82, 2.24) is 4.90 Å². The molecule has 0 aliphatic carbocycles. The highest BCUT2D eigenvalue weighted by molar-refractivity contribution is 5.86. The molecule has 0 spiro atoms. The topological polar surface area (TPSA) is 23.5 Å². The Labute approximate surface area is 155 Å². The zero-order valence-electron chi connectivity index (χ0n) is 15.0. The van der Waals surface area contributed by atoms with Crippen molar-refractivity contribution < 1.29 is 5.11 Å². The van der Waals surface area contributed by atoms with Crippen molar-refractivity contribution in [3.8, 4) is 0 Å². The van der Waals surface area contributed by atoms with Crippen LogP contribution in [0.3, 0.4) is 0 Å². The average Bonchev–Trinajstić information content (AvgIpc) is 2.92. The molecule has 132 valence electrons. The van der Waals surface area contributed by atoms with Gasteiger partial charge < -0.3 is 5.11 Å². The Morgan fingerprint density at radius 2 is 1.46 bits per heavy atom. The number of piperidine rings is 1. The summed E-state index contributed by atoms with van der Waals surface area (Å²) < 4.78 is 0. The second-order valence-corrected chi connectivity index (χ2v) is 8.01. The van der Waals surface area contributed by atoms with Gasteiger partial charge in [-0.05, 0) is 47.6 Å². The quantitative estimate of drug-likeness (QED) is 0.734. The lowest BCUT2D eigenvalue weighted by atomic mass is 9.78. The second kappa shape index (κ2) is 6.22. The Morgan fingerprint density at radius 3 is 2.23 bits per heavy atom. The lowest BCUT2D eigenvalue weighted by Gasteiger charge is -2.44. The molecule has 2 atom stereocenters. The summed E-state index contributed by atoms with van der Waals surface area (Å²) in [5.74, 6) is 0. The normalized spacial score (nSPS) is 28.5. The average molecular weight is 343 g/mol. The molecule has 3 aromatic carbocycles. The fraction of sp³-hybridized carbons (Fsp3) is 0.333. The molecular formula is C24H25NO. The first-order valence-electron chi connectivity index (χ1n) is 9.73. The van der Waals surface area contributed by atoms with E-state index >= 15 is 0 Å². The highest BCUT2D eigenvalue weighted by Gasteiger charge is 2.48. The summed E-state index contributed by atoms with van der Waals surface area (Å²) in [6.45, 7) is 1.00. The summed E-state index contributed by atoms with van der Waals surface area (Å²) in [6.07, 6.45) is 4.07. The summed E-state index contributed by atoms with van der Waals surface area (Å²) in [6, 6.07) is 26.5. The van der Waals surface area contributed by atoms with Crippen LogP contribution < -0.4 is 0 Å². The SMILES string of the molecule is OC1(c2cccc3ccccc23)CC2CCC(C1)N2Cc1ccccc1. The monoisotopic (exact) mass is 343 g/mol. The minimum absolute atomic E-state index is 0.470. The fourth-order valence-electron chi connectivity index (χ4n) is 5.22. The van der Waals surface area contributed by atoms with Crippen LogP contribution in [0.15, 0.2) is 72.8 Å². The van der Waals surface area contributed by atoms with E-state index in [0.29, 0.717) is 12.1 Å². The second-order valence-electron chi connectivity index (χ2n) is 8.01. The first-order chi connectivity index (χ1) is 12.7. The zero-order valence-corrected chi connectivity index (χ0v) is 15.0. The summed E-state index contributed by atoms with van der Waals surface area (Å²) in [4.78, 5) is 2.63. The maximum atomic E-state index is 11.7.